The quantitative estimate of drug-likeness (QED) is 0.245. The van der Waals surface area contributed by atoms with Crippen LogP contribution in [-0.2, 0) is 16.0 Å². The van der Waals surface area contributed by atoms with Crippen molar-refractivity contribution in [1.29, 1.82) is 0 Å². The van der Waals surface area contributed by atoms with Crippen molar-refractivity contribution in [3.8, 4) is 23.8 Å². The molecule has 2 amide bonds. The maximum absolute atomic E-state index is 12.9. The minimum absolute atomic E-state index is 0.112. The fourth-order valence-corrected chi connectivity index (χ4v) is 3.18. The number of rotatable bonds is 11. The molecule has 0 aliphatic carbocycles. The van der Waals surface area contributed by atoms with Crippen molar-refractivity contribution >= 4 is 29.6 Å². The Morgan fingerprint density at radius 1 is 1.00 bits per heavy atom. The number of carbonyl (C=O) groups excluding carboxylic acids is 2. The fourth-order valence-electron chi connectivity index (χ4n) is 3.06. The molecule has 0 radical (unpaired) electrons. The van der Waals surface area contributed by atoms with Gasteiger partial charge in [0.05, 0.1) is 6.21 Å². The molecular weight excluding hydrogens is 466 g/mol. The standard InChI is InChI=1S/C27H24ClN3O4/c1-2-16-34-25-11-7-6-10-21(25)18-29-31-27(33)24(17-20-8-4-3-5-9-20)30-26(32)19-35-23-14-12-22(28)13-15-23/h1,3-15,18,24H,16-17,19H2,(H,30,32)(H,31,33)/b29-18-/t24-/m0/s1. The Kier molecular flexibility index (Phi) is 9.73. The Labute approximate surface area is 209 Å². The second-order valence-corrected chi connectivity index (χ2v) is 7.75. The number of terminal acetylenes is 1. The number of nitrogens with one attached hydrogen (secondary N) is 2. The second-order valence-electron chi connectivity index (χ2n) is 7.32. The summed E-state index contributed by atoms with van der Waals surface area (Å²) in [7, 11) is 0. The molecule has 0 aromatic heterocycles. The molecule has 0 saturated carbocycles. The van der Waals surface area contributed by atoms with Gasteiger partial charge in [0.1, 0.15) is 24.1 Å². The summed E-state index contributed by atoms with van der Waals surface area (Å²) in [6.07, 6.45) is 6.98. The number of ether oxygens (including phenoxy) is 2. The highest BCUT2D eigenvalue weighted by atomic mass is 35.5. The highest BCUT2D eigenvalue weighted by molar-refractivity contribution is 6.30. The van der Waals surface area contributed by atoms with Crippen LogP contribution in [0.5, 0.6) is 11.5 Å². The summed E-state index contributed by atoms with van der Waals surface area (Å²) in [6, 6.07) is 22.3. The highest BCUT2D eigenvalue weighted by Crippen LogP contribution is 2.16. The van der Waals surface area contributed by atoms with Gasteiger partial charge in [0, 0.05) is 17.0 Å². The van der Waals surface area contributed by atoms with Crippen molar-refractivity contribution in [1.82, 2.24) is 10.7 Å². The van der Waals surface area contributed by atoms with E-state index in [4.69, 9.17) is 27.5 Å². The van der Waals surface area contributed by atoms with Gasteiger partial charge in [0.25, 0.3) is 11.8 Å². The number of halogens is 1. The fraction of sp³-hybridized carbons (Fsp3) is 0.148. The largest absolute Gasteiger partial charge is 0.484 e. The molecule has 0 aliphatic rings. The average molecular weight is 490 g/mol. The summed E-state index contributed by atoms with van der Waals surface area (Å²) in [6.45, 7) is -0.149. The number of hydrazone groups is 1. The van der Waals surface area contributed by atoms with E-state index in [9.17, 15) is 9.59 Å². The van der Waals surface area contributed by atoms with Crippen molar-refractivity contribution in [3.05, 3.63) is 95.0 Å². The van der Waals surface area contributed by atoms with Crippen LogP contribution >= 0.6 is 11.6 Å². The van der Waals surface area contributed by atoms with E-state index >= 15 is 0 Å². The number of hydrogen-bond acceptors (Lipinski definition) is 5. The summed E-state index contributed by atoms with van der Waals surface area (Å²) in [5.74, 6) is 2.50. The van der Waals surface area contributed by atoms with Crippen LogP contribution < -0.4 is 20.2 Å². The van der Waals surface area contributed by atoms with E-state index in [1.54, 1.807) is 42.5 Å². The summed E-state index contributed by atoms with van der Waals surface area (Å²) in [4.78, 5) is 25.4. The van der Waals surface area contributed by atoms with Crippen LogP contribution in [0, 0.1) is 12.3 Å². The Morgan fingerprint density at radius 3 is 2.46 bits per heavy atom. The average Bonchev–Trinajstić information content (AvgIpc) is 2.88. The van der Waals surface area contributed by atoms with E-state index in [0.29, 0.717) is 22.1 Å². The SMILES string of the molecule is C#CCOc1ccccc1/C=N\NC(=O)[C@H](Cc1ccccc1)NC(=O)COc1ccc(Cl)cc1. The molecule has 35 heavy (non-hydrogen) atoms. The molecule has 0 heterocycles. The maximum Gasteiger partial charge on any atom is 0.262 e. The molecule has 0 fully saturated rings. The first-order chi connectivity index (χ1) is 17.0. The number of benzene rings is 3. The first kappa shape index (κ1) is 25.3. The lowest BCUT2D eigenvalue weighted by molar-refractivity contribution is -0.130. The molecule has 0 unspecified atom stereocenters. The molecule has 0 bridgehead atoms. The topological polar surface area (TPSA) is 89.0 Å². The molecule has 8 heteroatoms. The highest BCUT2D eigenvalue weighted by Gasteiger charge is 2.21. The van der Waals surface area contributed by atoms with E-state index in [2.05, 4.69) is 21.8 Å². The van der Waals surface area contributed by atoms with Gasteiger partial charge < -0.3 is 14.8 Å². The minimum Gasteiger partial charge on any atom is -0.484 e. The van der Waals surface area contributed by atoms with Gasteiger partial charge in [-0.1, -0.05) is 60.0 Å². The second kappa shape index (κ2) is 13.4. The van der Waals surface area contributed by atoms with Crippen LogP contribution in [0.4, 0.5) is 0 Å². The minimum atomic E-state index is -0.871. The number of amides is 2. The summed E-state index contributed by atoms with van der Waals surface area (Å²) < 4.78 is 11.0. The molecule has 1 atom stereocenters. The van der Waals surface area contributed by atoms with E-state index in [1.807, 2.05) is 36.4 Å². The van der Waals surface area contributed by atoms with Gasteiger partial charge in [-0.05, 0) is 42.0 Å². The molecule has 3 aromatic carbocycles. The van der Waals surface area contributed by atoms with Gasteiger partial charge in [-0.25, -0.2) is 5.43 Å². The van der Waals surface area contributed by atoms with Crippen LogP contribution in [0.15, 0.2) is 84.0 Å². The third-order valence-corrected chi connectivity index (χ3v) is 4.98. The lowest BCUT2D eigenvalue weighted by atomic mass is 10.1. The van der Waals surface area contributed by atoms with Crippen molar-refractivity contribution in [2.24, 2.45) is 5.10 Å². The molecule has 3 rings (SSSR count). The first-order valence-electron chi connectivity index (χ1n) is 10.7. The zero-order valence-electron chi connectivity index (χ0n) is 18.8. The van der Waals surface area contributed by atoms with Crippen LogP contribution in [0.25, 0.3) is 0 Å². The number of para-hydroxylation sites is 1. The summed E-state index contributed by atoms with van der Waals surface area (Å²) in [5, 5.41) is 7.30. The predicted octanol–water partition coefficient (Wildman–Crippen LogP) is 3.61. The van der Waals surface area contributed by atoms with E-state index in [-0.39, 0.29) is 19.6 Å². The number of nitrogens with zero attached hydrogens (tertiary/aromatic N) is 1. The van der Waals surface area contributed by atoms with Gasteiger partial charge in [-0.3, -0.25) is 9.59 Å². The summed E-state index contributed by atoms with van der Waals surface area (Å²) >= 11 is 5.86. The Bertz CT molecular complexity index is 1190. The van der Waals surface area contributed by atoms with Gasteiger partial charge in [0.15, 0.2) is 6.61 Å². The summed E-state index contributed by atoms with van der Waals surface area (Å²) in [5.41, 5.74) is 4.00. The van der Waals surface area contributed by atoms with Gasteiger partial charge in [-0.15, -0.1) is 6.42 Å². The molecule has 178 valence electrons. The van der Waals surface area contributed by atoms with Gasteiger partial charge in [0.2, 0.25) is 0 Å². The van der Waals surface area contributed by atoms with Crippen molar-refractivity contribution in [2.75, 3.05) is 13.2 Å². The lowest BCUT2D eigenvalue weighted by Gasteiger charge is -2.17. The maximum atomic E-state index is 12.9. The zero-order valence-corrected chi connectivity index (χ0v) is 19.6. The molecule has 2 N–H and O–H groups in total. The van der Waals surface area contributed by atoms with Crippen molar-refractivity contribution in [3.63, 3.8) is 0 Å². The van der Waals surface area contributed by atoms with Crippen LogP contribution in [-0.4, -0.2) is 37.3 Å². The van der Waals surface area contributed by atoms with E-state index in [0.717, 1.165) is 5.56 Å². The van der Waals surface area contributed by atoms with Gasteiger partial charge in [-0.2, -0.15) is 5.10 Å². The zero-order chi connectivity index (χ0) is 24.9. The normalized spacial score (nSPS) is 11.3. The lowest BCUT2D eigenvalue weighted by Crippen LogP contribution is -2.48. The Morgan fingerprint density at radius 2 is 1.71 bits per heavy atom. The van der Waals surface area contributed by atoms with Crippen molar-refractivity contribution in [2.45, 2.75) is 12.5 Å². The van der Waals surface area contributed by atoms with E-state index < -0.39 is 17.9 Å². The van der Waals surface area contributed by atoms with Crippen LogP contribution in [0.2, 0.25) is 5.02 Å². The molecule has 0 spiro atoms. The molecular formula is C27H24ClN3O4. The smallest absolute Gasteiger partial charge is 0.262 e. The van der Waals surface area contributed by atoms with Crippen LogP contribution in [0.3, 0.4) is 0 Å². The van der Waals surface area contributed by atoms with Gasteiger partial charge >= 0.3 is 0 Å². The molecule has 3 aromatic rings. The molecule has 7 nitrogen and oxygen atoms in total. The van der Waals surface area contributed by atoms with Crippen molar-refractivity contribution < 1.29 is 19.1 Å². The first-order valence-corrected chi connectivity index (χ1v) is 11.1. The van der Waals surface area contributed by atoms with E-state index in [1.165, 1.54) is 6.21 Å². The molecule has 0 saturated heterocycles. The Hall–Kier alpha value is -4.28. The van der Waals surface area contributed by atoms with Crippen LogP contribution in [0.1, 0.15) is 11.1 Å². The number of carbonyl (C=O) groups is 2. The monoisotopic (exact) mass is 489 g/mol. The third kappa shape index (κ3) is 8.54. The number of hydrogen-bond donors (Lipinski definition) is 2. The predicted molar refractivity (Wildman–Crippen MR) is 136 cm³/mol. The Balaban J connectivity index is 1.64. The molecule has 0 aliphatic heterocycles. The third-order valence-electron chi connectivity index (χ3n) is 4.73.